The van der Waals surface area contributed by atoms with Crippen molar-refractivity contribution in [1.82, 2.24) is 0 Å². The van der Waals surface area contributed by atoms with Gasteiger partial charge in [0.15, 0.2) is 5.60 Å². The molecule has 1 unspecified atom stereocenters. The molecule has 3 N–H and O–H groups in total. The van der Waals surface area contributed by atoms with E-state index >= 15 is 0 Å². The fourth-order valence-corrected chi connectivity index (χ4v) is 2.41. The largest absolute Gasteiger partial charge is 0.467 e. The van der Waals surface area contributed by atoms with Crippen LogP contribution in [0.5, 0.6) is 0 Å². The second-order valence-electron chi connectivity index (χ2n) is 5.04. The number of methoxy groups -OCH3 is 1. The third-order valence-corrected chi connectivity index (χ3v) is 3.53. The lowest BCUT2D eigenvalue weighted by Crippen LogP contribution is -2.48. The quantitative estimate of drug-likeness (QED) is 0.407. The van der Waals surface area contributed by atoms with Gasteiger partial charge in [0.05, 0.1) is 18.1 Å². The van der Waals surface area contributed by atoms with Gasteiger partial charge in [0.1, 0.15) is 6.10 Å². The number of aliphatic hydroxyl groups excluding tert-OH is 2. The standard InChI is InChI=1S/C14H15NO7/c1-22-13(18)14(19)6-10(12(17)11(16)7-14)8-3-2-4-9(5-8)15(20)21/h2-6,11-12,16-17,19H,7H2,1H3/t11?,12-,14+/m1/s1. The van der Waals surface area contributed by atoms with Gasteiger partial charge in [-0.2, -0.15) is 0 Å². The summed E-state index contributed by atoms with van der Waals surface area (Å²) in [7, 11) is 1.08. The molecule has 0 heterocycles. The van der Waals surface area contributed by atoms with Crippen LogP contribution in [0.4, 0.5) is 5.69 Å². The molecule has 1 aliphatic rings. The van der Waals surface area contributed by atoms with Gasteiger partial charge in [-0.1, -0.05) is 12.1 Å². The molecule has 0 fully saturated rings. The van der Waals surface area contributed by atoms with E-state index in [0.717, 1.165) is 13.2 Å². The minimum atomic E-state index is -2.10. The second-order valence-corrected chi connectivity index (χ2v) is 5.04. The summed E-state index contributed by atoms with van der Waals surface area (Å²) in [6.07, 6.45) is -2.16. The van der Waals surface area contributed by atoms with E-state index in [0.29, 0.717) is 0 Å². The van der Waals surface area contributed by atoms with Gasteiger partial charge in [-0.05, 0) is 17.2 Å². The van der Waals surface area contributed by atoms with Crippen LogP contribution in [0.15, 0.2) is 30.3 Å². The minimum Gasteiger partial charge on any atom is -0.467 e. The Hall–Kier alpha value is -2.29. The molecule has 0 aromatic heterocycles. The van der Waals surface area contributed by atoms with Crippen LogP contribution >= 0.6 is 0 Å². The van der Waals surface area contributed by atoms with Crippen LogP contribution in [-0.4, -0.2) is 51.1 Å². The Labute approximate surface area is 125 Å². The molecule has 0 saturated carbocycles. The summed E-state index contributed by atoms with van der Waals surface area (Å²) in [5, 5.41) is 41.0. The zero-order valence-corrected chi connectivity index (χ0v) is 11.7. The highest BCUT2D eigenvalue weighted by atomic mass is 16.6. The zero-order valence-electron chi connectivity index (χ0n) is 11.7. The van der Waals surface area contributed by atoms with Gasteiger partial charge < -0.3 is 20.1 Å². The van der Waals surface area contributed by atoms with Crippen LogP contribution < -0.4 is 0 Å². The van der Waals surface area contributed by atoms with Crippen LogP contribution in [0.25, 0.3) is 5.57 Å². The van der Waals surface area contributed by atoms with Crippen molar-refractivity contribution in [1.29, 1.82) is 0 Å². The van der Waals surface area contributed by atoms with Crippen molar-refractivity contribution in [3.63, 3.8) is 0 Å². The van der Waals surface area contributed by atoms with E-state index in [1.165, 1.54) is 24.3 Å². The number of carbonyl (C=O) groups is 1. The van der Waals surface area contributed by atoms with Gasteiger partial charge >= 0.3 is 5.97 Å². The number of hydrogen-bond acceptors (Lipinski definition) is 7. The lowest BCUT2D eigenvalue weighted by atomic mass is 9.80. The van der Waals surface area contributed by atoms with Crippen molar-refractivity contribution >= 4 is 17.2 Å². The molecule has 8 nitrogen and oxygen atoms in total. The highest BCUT2D eigenvalue weighted by molar-refractivity contribution is 5.87. The maximum absolute atomic E-state index is 11.7. The maximum atomic E-state index is 11.7. The van der Waals surface area contributed by atoms with E-state index in [2.05, 4.69) is 4.74 Å². The Kier molecular flexibility index (Phi) is 4.27. The van der Waals surface area contributed by atoms with Gasteiger partial charge in [0, 0.05) is 18.6 Å². The molecule has 8 heteroatoms. The molecule has 0 amide bonds. The predicted molar refractivity (Wildman–Crippen MR) is 74.7 cm³/mol. The monoisotopic (exact) mass is 309 g/mol. The minimum absolute atomic E-state index is 0.0235. The summed E-state index contributed by atoms with van der Waals surface area (Å²) in [6, 6.07) is 5.32. The number of nitro benzene ring substituents is 1. The molecule has 0 spiro atoms. The number of nitrogens with zero attached hydrogens (tertiary/aromatic N) is 1. The van der Waals surface area contributed by atoms with Gasteiger partial charge in [-0.15, -0.1) is 0 Å². The molecule has 22 heavy (non-hydrogen) atoms. The van der Waals surface area contributed by atoms with Crippen LogP contribution in [-0.2, 0) is 9.53 Å². The first-order valence-electron chi connectivity index (χ1n) is 6.43. The summed E-state index contributed by atoms with van der Waals surface area (Å²) < 4.78 is 4.49. The molecular weight excluding hydrogens is 294 g/mol. The van der Waals surface area contributed by atoms with Crippen molar-refractivity contribution in [2.45, 2.75) is 24.2 Å². The van der Waals surface area contributed by atoms with Gasteiger partial charge in [-0.25, -0.2) is 4.79 Å². The average Bonchev–Trinajstić information content (AvgIpc) is 2.50. The number of carbonyl (C=O) groups excluding carboxylic acids is 1. The van der Waals surface area contributed by atoms with Crippen LogP contribution in [0, 0.1) is 10.1 Å². The summed E-state index contributed by atoms with van der Waals surface area (Å²) in [4.78, 5) is 21.9. The smallest absolute Gasteiger partial charge is 0.342 e. The Bertz CT molecular complexity index is 642. The number of esters is 1. The Morgan fingerprint density at radius 3 is 2.73 bits per heavy atom. The highest BCUT2D eigenvalue weighted by Gasteiger charge is 2.44. The van der Waals surface area contributed by atoms with Crippen molar-refractivity contribution in [2.24, 2.45) is 0 Å². The normalized spacial score (nSPS) is 27.9. The first-order chi connectivity index (χ1) is 10.3. The summed E-state index contributed by atoms with van der Waals surface area (Å²) in [5.41, 5.74) is -2.07. The third-order valence-electron chi connectivity index (χ3n) is 3.53. The molecule has 1 aromatic carbocycles. The lowest BCUT2D eigenvalue weighted by molar-refractivity contribution is -0.384. The SMILES string of the molecule is COC(=O)[C@]1(O)C=C(c2cccc([N+](=O)[O-])c2)[C@@H](O)C(O)C1. The van der Waals surface area contributed by atoms with Crippen LogP contribution in [0.3, 0.4) is 0 Å². The summed E-state index contributed by atoms with van der Waals surface area (Å²) >= 11 is 0. The van der Waals surface area contributed by atoms with Crippen molar-refractivity contribution < 1.29 is 29.8 Å². The summed E-state index contributed by atoms with van der Waals surface area (Å²) in [5.74, 6) is -0.985. The van der Waals surface area contributed by atoms with E-state index in [1.807, 2.05) is 0 Å². The molecule has 3 atom stereocenters. The number of rotatable bonds is 3. The fraction of sp³-hybridized carbons (Fsp3) is 0.357. The number of ether oxygens (including phenoxy) is 1. The van der Waals surface area contributed by atoms with E-state index in [9.17, 15) is 30.2 Å². The molecule has 1 aromatic rings. The van der Waals surface area contributed by atoms with Crippen molar-refractivity contribution in [2.75, 3.05) is 7.11 Å². The highest BCUT2D eigenvalue weighted by Crippen LogP contribution is 2.34. The average molecular weight is 309 g/mol. The fourth-order valence-electron chi connectivity index (χ4n) is 2.41. The predicted octanol–water partition coefficient (Wildman–Crippen LogP) is 0.00780. The zero-order chi connectivity index (χ0) is 16.5. The molecule has 2 rings (SSSR count). The van der Waals surface area contributed by atoms with Crippen LogP contribution in [0.1, 0.15) is 12.0 Å². The molecule has 0 saturated heterocycles. The van der Waals surface area contributed by atoms with Crippen LogP contribution in [0.2, 0.25) is 0 Å². The Morgan fingerprint density at radius 2 is 2.14 bits per heavy atom. The third kappa shape index (κ3) is 2.84. The van der Waals surface area contributed by atoms with E-state index in [4.69, 9.17) is 0 Å². The molecule has 1 aliphatic carbocycles. The second kappa shape index (κ2) is 5.84. The van der Waals surface area contributed by atoms with Gasteiger partial charge in [0.25, 0.3) is 5.69 Å². The topological polar surface area (TPSA) is 130 Å². The lowest BCUT2D eigenvalue weighted by Gasteiger charge is -2.34. The van der Waals surface area contributed by atoms with Crippen molar-refractivity contribution in [3.05, 3.63) is 46.0 Å². The van der Waals surface area contributed by atoms with Gasteiger partial charge in [-0.3, -0.25) is 10.1 Å². The van der Waals surface area contributed by atoms with E-state index in [1.54, 1.807) is 0 Å². The number of non-ortho nitro benzene ring substituents is 1. The van der Waals surface area contributed by atoms with Gasteiger partial charge in [0.2, 0.25) is 0 Å². The first-order valence-corrected chi connectivity index (χ1v) is 6.43. The number of hydrogen-bond donors (Lipinski definition) is 3. The molecule has 118 valence electrons. The Morgan fingerprint density at radius 1 is 1.45 bits per heavy atom. The first kappa shape index (κ1) is 16.1. The molecule has 0 aliphatic heterocycles. The van der Waals surface area contributed by atoms with Crippen molar-refractivity contribution in [3.8, 4) is 0 Å². The number of aliphatic hydroxyl groups is 3. The molecule has 0 radical (unpaired) electrons. The summed E-state index contributed by atoms with van der Waals surface area (Å²) in [6.45, 7) is 0. The van der Waals surface area contributed by atoms with E-state index < -0.39 is 35.1 Å². The van der Waals surface area contributed by atoms with E-state index in [-0.39, 0.29) is 16.8 Å². The number of benzene rings is 1. The number of nitro groups is 1. The molecular formula is C14H15NO7. The Balaban J connectivity index is 2.53. The molecule has 0 bridgehead atoms. The maximum Gasteiger partial charge on any atom is 0.342 e.